The van der Waals surface area contributed by atoms with E-state index in [-0.39, 0.29) is 12.5 Å². The molecule has 0 fully saturated rings. The molecule has 1 amide bonds. The highest BCUT2D eigenvalue weighted by Crippen LogP contribution is 2.31. The largest absolute Gasteiger partial charge is 0.497 e. The van der Waals surface area contributed by atoms with Crippen molar-refractivity contribution in [1.82, 2.24) is 15.5 Å². The van der Waals surface area contributed by atoms with Crippen LogP contribution in [0.15, 0.2) is 47.0 Å². The maximum absolute atomic E-state index is 12.2. The molecule has 8 heteroatoms. The molecule has 2 aromatic carbocycles. The molecule has 140 valence electrons. The Morgan fingerprint density at radius 1 is 1.00 bits per heavy atom. The summed E-state index contributed by atoms with van der Waals surface area (Å²) in [5.41, 5.74) is 1.22. The van der Waals surface area contributed by atoms with Gasteiger partial charge in [-0.15, -0.1) is 0 Å². The molecular weight excluding hydrogens is 350 g/mol. The highest BCUT2D eigenvalue weighted by Gasteiger charge is 2.13. The Hall–Kier alpha value is -3.55. The Kier molecular flexibility index (Phi) is 5.55. The number of amides is 1. The average Bonchev–Trinajstić information content (AvgIpc) is 3.20. The van der Waals surface area contributed by atoms with Gasteiger partial charge in [0.2, 0.25) is 11.7 Å². The van der Waals surface area contributed by atoms with E-state index in [2.05, 4.69) is 15.5 Å². The predicted octanol–water partition coefficient (Wildman–Crippen LogP) is 2.69. The molecule has 0 radical (unpaired) electrons. The minimum Gasteiger partial charge on any atom is -0.497 e. The maximum atomic E-state index is 12.2. The number of hydrogen-bond donors (Lipinski definition) is 1. The van der Waals surface area contributed by atoms with Gasteiger partial charge in [0.1, 0.15) is 5.75 Å². The van der Waals surface area contributed by atoms with Crippen LogP contribution in [0.25, 0.3) is 11.4 Å². The zero-order valence-electron chi connectivity index (χ0n) is 15.2. The van der Waals surface area contributed by atoms with Gasteiger partial charge in [0.15, 0.2) is 11.5 Å². The van der Waals surface area contributed by atoms with Crippen LogP contribution < -0.4 is 19.5 Å². The van der Waals surface area contributed by atoms with E-state index in [9.17, 15) is 4.79 Å². The first-order valence-corrected chi connectivity index (χ1v) is 8.12. The number of ether oxygens (including phenoxy) is 3. The van der Waals surface area contributed by atoms with Gasteiger partial charge >= 0.3 is 0 Å². The van der Waals surface area contributed by atoms with E-state index in [1.54, 1.807) is 63.8 Å². The Morgan fingerprint density at radius 3 is 2.41 bits per heavy atom. The van der Waals surface area contributed by atoms with E-state index < -0.39 is 0 Å². The van der Waals surface area contributed by atoms with Crippen molar-refractivity contribution in [2.24, 2.45) is 0 Å². The van der Waals surface area contributed by atoms with Crippen LogP contribution in [0.3, 0.4) is 0 Å². The number of rotatable bonds is 7. The quantitative estimate of drug-likeness (QED) is 0.684. The number of benzene rings is 2. The summed E-state index contributed by atoms with van der Waals surface area (Å²) in [5.74, 6) is 2.30. The lowest BCUT2D eigenvalue weighted by atomic mass is 10.2. The summed E-state index contributed by atoms with van der Waals surface area (Å²) in [6.07, 6.45) is 0. The molecule has 1 aromatic heterocycles. The summed E-state index contributed by atoms with van der Waals surface area (Å²) >= 11 is 0. The second-order valence-corrected chi connectivity index (χ2v) is 5.49. The smallest absolute Gasteiger partial charge is 0.251 e. The summed E-state index contributed by atoms with van der Waals surface area (Å²) in [7, 11) is 4.69. The molecule has 27 heavy (non-hydrogen) atoms. The zero-order chi connectivity index (χ0) is 19.2. The first kappa shape index (κ1) is 18.2. The summed E-state index contributed by atoms with van der Waals surface area (Å²) < 4.78 is 20.8. The van der Waals surface area contributed by atoms with Gasteiger partial charge < -0.3 is 24.1 Å². The molecule has 1 N–H and O–H groups in total. The molecule has 0 atom stereocenters. The van der Waals surface area contributed by atoms with Crippen LogP contribution in [-0.4, -0.2) is 37.4 Å². The number of carbonyl (C=O) groups is 1. The third-order valence-electron chi connectivity index (χ3n) is 3.86. The fourth-order valence-corrected chi connectivity index (χ4v) is 2.42. The molecule has 3 rings (SSSR count). The number of nitrogens with one attached hydrogen (secondary N) is 1. The Labute approximate surface area is 156 Å². The van der Waals surface area contributed by atoms with Crippen molar-refractivity contribution in [3.63, 3.8) is 0 Å². The lowest BCUT2D eigenvalue weighted by molar-refractivity contribution is 0.0946. The lowest BCUT2D eigenvalue weighted by Crippen LogP contribution is -2.22. The average molecular weight is 369 g/mol. The standard InChI is InChI=1S/C19H19N3O5/c1-24-14-7-4-12(5-8-14)19(23)20-11-17-21-18(22-27-17)13-6-9-15(25-2)16(10-13)26-3/h4-10H,11H2,1-3H3,(H,20,23). The van der Waals surface area contributed by atoms with E-state index in [4.69, 9.17) is 18.7 Å². The van der Waals surface area contributed by atoms with Crippen molar-refractivity contribution in [3.05, 3.63) is 53.9 Å². The molecule has 0 aliphatic carbocycles. The number of aromatic nitrogens is 2. The highest BCUT2D eigenvalue weighted by atomic mass is 16.5. The third-order valence-corrected chi connectivity index (χ3v) is 3.86. The molecule has 0 spiro atoms. The molecule has 0 aliphatic rings. The lowest BCUT2D eigenvalue weighted by Gasteiger charge is -2.07. The second kappa shape index (κ2) is 8.22. The van der Waals surface area contributed by atoms with Gasteiger partial charge in [-0.2, -0.15) is 4.98 Å². The van der Waals surface area contributed by atoms with Gasteiger partial charge in [0.05, 0.1) is 27.9 Å². The zero-order valence-corrected chi connectivity index (χ0v) is 15.2. The summed E-state index contributed by atoms with van der Waals surface area (Å²) in [6, 6.07) is 12.1. The Morgan fingerprint density at radius 2 is 1.74 bits per heavy atom. The predicted molar refractivity (Wildman–Crippen MR) is 97.0 cm³/mol. The number of carbonyl (C=O) groups excluding carboxylic acids is 1. The van der Waals surface area contributed by atoms with Gasteiger partial charge in [-0.1, -0.05) is 5.16 Å². The minimum atomic E-state index is -0.247. The van der Waals surface area contributed by atoms with E-state index in [0.717, 1.165) is 0 Å². The van der Waals surface area contributed by atoms with Gasteiger partial charge in [-0.05, 0) is 42.5 Å². The van der Waals surface area contributed by atoms with Crippen molar-refractivity contribution < 1.29 is 23.5 Å². The molecule has 0 bridgehead atoms. The van der Waals surface area contributed by atoms with Crippen molar-refractivity contribution in [3.8, 4) is 28.6 Å². The molecule has 0 aliphatic heterocycles. The van der Waals surface area contributed by atoms with Gasteiger partial charge in [0.25, 0.3) is 5.91 Å². The Balaban J connectivity index is 1.66. The SMILES string of the molecule is COc1ccc(C(=O)NCc2nc(-c3ccc(OC)c(OC)c3)no2)cc1. The first-order valence-electron chi connectivity index (χ1n) is 8.12. The monoisotopic (exact) mass is 369 g/mol. The Bertz CT molecular complexity index is 921. The number of methoxy groups -OCH3 is 3. The fraction of sp³-hybridized carbons (Fsp3) is 0.211. The first-order chi connectivity index (χ1) is 13.1. The van der Waals surface area contributed by atoms with E-state index in [1.165, 1.54) is 0 Å². The van der Waals surface area contributed by atoms with Crippen LogP contribution in [0.1, 0.15) is 16.2 Å². The fourth-order valence-electron chi connectivity index (χ4n) is 2.42. The molecule has 0 unspecified atom stereocenters. The minimum absolute atomic E-state index is 0.116. The van der Waals surface area contributed by atoms with Crippen molar-refractivity contribution in [2.75, 3.05) is 21.3 Å². The van der Waals surface area contributed by atoms with Gasteiger partial charge in [0, 0.05) is 11.1 Å². The molecule has 3 aromatic rings. The van der Waals surface area contributed by atoms with Crippen molar-refractivity contribution in [1.29, 1.82) is 0 Å². The topological polar surface area (TPSA) is 95.7 Å². The summed E-state index contributed by atoms with van der Waals surface area (Å²) in [4.78, 5) is 16.5. The normalized spacial score (nSPS) is 10.3. The summed E-state index contributed by atoms with van der Waals surface area (Å²) in [5, 5.41) is 6.68. The van der Waals surface area contributed by atoms with Gasteiger partial charge in [-0.25, -0.2) is 0 Å². The molecule has 0 saturated carbocycles. The molecule has 1 heterocycles. The number of hydrogen-bond acceptors (Lipinski definition) is 7. The summed E-state index contributed by atoms with van der Waals surface area (Å²) in [6.45, 7) is 0.116. The van der Waals surface area contributed by atoms with E-state index in [0.29, 0.717) is 40.1 Å². The third kappa shape index (κ3) is 4.17. The van der Waals surface area contributed by atoms with Crippen molar-refractivity contribution >= 4 is 5.91 Å². The molecule has 8 nitrogen and oxygen atoms in total. The second-order valence-electron chi connectivity index (χ2n) is 5.49. The number of nitrogens with zero attached hydrogens (tertiary/aromatic N) is 2. The van der Waals surface area contributed by atoms with Gasteiger partial charge in [-0.3, -0.25) is 4.79 Å². The van der Waals surface area contributed by atoms with Crippen LogP contribution >= 0.6 is 0 Å². The van der Waals surface area contributed by atoms with Crippen LogP contribution in [0.2, 0.25) is 0 Å². The molecule has 0 saturated heterocycles. The highest BCUT2D eigenvalue weighted by molar-refractivity contribution is 5.94. The van der Waals surface area contributed by atoms with E-state index in [1.807, 2.05) is 0 Å². The molecular formula is C19H19N3O5. The maximum Gasteiger partial charge on any atom is 0.251 e. The van der Waals surface area contributed by atoms with Crippen molar-refractivity contribution in [2.45, 2.75) is 6.54 Å². The van der Waals surface area contributed by atoms with Crippen LogP contribution in [0.5, 0.6) is 17.2 Å². The van der Waals surface area contributed by atoms with Crippen LogP contribution in [0, 0.1) is 0 Å². The van der Waals surface area contributed by atoms with Crippen LogP contribution in [-0.2, 0) is 6.54 Å². The van der Waals surface area contributed by atoms with E-state index >= 15 is 0 Å². The van der Waals surface area contributed by atoms with Crippen LogP contribution in [0.4, 0.5) is 0 Å².